The second-order valence-corrected chi connectivity index (χ2v) is 5.47. The van der Waals surface area contributed by atoms with Crippen LogP contribution in [0, 0.1) is 5.82 Å². The molecule has 0 saturated heterocycles. The monoisotopic (exact) mass is 317 g/mol. The number of phenolic OH excluding ortho intramolecular Hbond substituents is 1. The summed E-state index contributed by atoms with van der Waals surface area (Å²) in [6.45, 7) is 0.145. The average molecular weight is 318 g/mol. The van der Waals surface area contributed by atoms with Crippen molar-refractivity contribution in [2.45, 2.75) is 31.3 Å². The van der Waals surface area contributed by atoms with E-state index in [2.05, 4.69) is 10.1 Å². The molecule has 0 spiro atoms. The molecular formula is C14H17ClFNO4. The number of nitrogens with one attached hydrogen (secondary N) is 1. The second-order valence-electron chi connectivity index (χ2n) is 5.09. The van der Waals surface area contributed by atoms with Crippen molar-refractivity contribution in [2.75, 3.05) is 14.2 Å². The lowest BCUT2D eigenvalue weighted by molar-refractivity contribution is -0.141. The Kier molecular flexibility index (Phi) is 4.58. The Morgan fingerprint density at radius 1 is 1.52 bits per heavy atom. The van der Waals surface area contributed by atoms with Crippen molar-refractivity contribution in [2.24, 2.45) is 0 Å². The summed E-state index contributed by atoms with van der Waals surface area (Å²) in [4.78, 5) is 11.4. The zero-order chi connectivity index (χ0) is 15.6. The molecule has 0 amide bonds. The van der Waals surface area contributed by atoms with Crippen LogP contribution in [-0.4, -0.2) is 30.8 Å². The van der Waals surface area contributed by atoms with Crippen LogP contribution in [0.3, 0.4) is 0 Å². The summed E-state index contributed by atoms with van der Waals surface area (Å²) in [7, 11) is 2.72. The van der Waals surface area contributed by atoms with Crippen molar-refractivity contribution in [3.05, 3.63) is 22.5 Å². The van der Waals surface area contributed by atoms with Crippen molar-refractivity contribution in [1.82, 2.24) is 5.32 Å². The zero-order valence-corrected chi connectivity index (χ0v) is 12.6. The number of methoxy groups -OCH3 is 2. The number of hydrogen-bond donors (Lipinski definition) is 2. The third kappa shape index (κ3) is 3.39. The maximum Gasteiger partial charge on any atom is 0.307 e. The van der Waals surface area contributed by atoms with Crippen LogP contribution in [0.1, 0.15) is 24.8 Å². The molecule has 2 rings (SSSR count). The van der Waals surface area contributed by atoms with Gasteiger partial charge in [-0.25, -0.2) is 4.39 Å². The molecule has 0 atom stereocenters. The minimum absolute atomic E-state index is 0.145. The first-order chi connectivity index (χ1) is 9.92. The van der Waals surface area contributed by atoms with Gasteiger partial charge in [-0.05, 0) is 12.8 Å². The molecule has 1 aliphatic rings. The number of carbonyl (C=O) groups is 1. The summed E-state index contributed by atoms with van der Waals surface area (Å²) < 4.78 is 23.8. The molecular weight excluding hydrogens is 301 g/mol. The molecule has 0 radical (unpaired) electrons. The van der Waals surface area contributed by atoms with Crippen molar-refractivity contribution in [3.63, 3.8) is 0 Å². The topological polar surface area (TPSA) is 67.8 Å². The number of esters is 1. The lowest BCUT2D eigenvalue weighted by Gasteiger charge is -2.18. The van der Waals surface area contributed by atoms with E-state index in [-0.39, 0.29) is 46.6 Å². The Hall–Kier alpha value is -1.53. The van der Waals surface area contributed by atoms with Crippen LogP contribution in [-0.2, 0) is 16.1 Å². The molecule has 1 fully saturated rings. The standard InChI is InChI=1S/C14H17ClFNO4/c1-20-10-5-9(18)12(15)13(16)8(10)7-17-14(3-4-14)6-11(19)21-2/h5,17-18H,3-4,6-7H2,1-2H3. The third-order valence-corrected chi connectivity index (χ3v) is 4.03. The van der Waals surface area contributed by atoms with E-state index in [0.29, 0.717) is 0 Å². The van der Waals surface area contributed by atoms with Crippen molar-refractivity contribution >= 4 is 17.6 Å². The van der Waals surface area contributed by atoms with Crippen LogP contribution in [0.4, 0.5) is 4.39 Å². The zero-order valence-electron chi connectivity index (χ0n) is 11.8. The Morgan fingerprint density at radius 2 is 2.19 bits per heavy atom. The number of phenols is 1. The Bertz CT molecular complexity index is 560. The molecule has 0 bridgehead atoms. The van der Waals surface area contributed by atoms with Crippen LogP contribution in [0.25, 0.3) is 0 Å². The summed E-state index contributed by atoms with van der Waals surface area (Å²) in [6, 6.07) is 1.27. The van der Waals surface area contributed by atoms with Crippen LogP contribution in [0.5, 0.6) is 11.5 Å². The van der Waals surface area contributed by atoms with Crippen molar-refractivity contribution < 1.29 is 23.8 Å². The van der Waals surface area contributed by atoms with Gasteiger partial charge in [0.15, 0.2) is 5.82 Å². The van der Waals surface area contributed by atoms with Gasteiger partial charge in [0.25, 0.3) is 0 Å². The molecule has 1 aromatic rings. The highest BCUT2D eigenvalue weighted by molar-refractivity contribution is 6.32. The van der Waals surface area contributed by atoms with Gasteiger partial charge < -0.3 is 19.9 Å². The van der Waals surface area contributed by atoms with Gasteiger partial charge in [-0.1, -0.05) is 11.6 Å². The quantitative estimate of drug-likeness (QED) is 0.789. The lowest BCUT2D eigenvalue weighted by atomic mass is 10.1. The van der Waals surface area contributed by atoms with E-state index in [0.717, 1.165) is 12.8 Å². The number of hydrogen-bond acceptors (Lipinski definition) is 5. The fourth-order valence-corrected chi connectivity index (χ4v) is 2.33. The van der Waals surface area contributed by atoms with E-state index in [1.165, 1.54) is 20.3 Å². The molecule has 1 aliphatic carbocycles. The summed E-state index contributed by atoms with van der Waals surface area (Å²) in [5.74, 6) is -1.20. The van der Waals surface area contributed by atoms with Crippen LogP contribution < -0.4 is 10.1 Å². The van der Waals surface area contributed by atoms with Gasteiger partial charge in [0.1, 0.15) is 16.5 Å². The molecule has 7 heteroatoms. The van der Waals surface area contributed by atoms with Crippen LogP contribution in [0.2, 0.25) is 5.02 Å². The number of aromatic hydroxyl groups is 1. The van der Waals surface area contributed by atoms with Gasteiger partial charge in [-0.3, -0.25) is 4.79 Å². The molecule has 1 aromatic carbocycles. The summed E-state index contributed by atoms with van der Waals surface area (Å²) in [5.41, 5.74) is -0.133. The lowest BCUT2D eigenvalue weighted by Crippen LogP contribution is -2.33. The number of rotatable bonds is 6. The number of benzene rings is 1. The summed E-state index contributed by atoms with van der Waals surface area (Å²) in [6.07, 6.45) is 1.87. The van der Waals surface area contributed by atoms with E-state index >= 15 is 0 Å². The minimum Gasteiger partial charge on any atom is -0.506 e. The molecule has 1 saturated carbocycles. The van der Waals surface area contributed by atoms with Gasteiger partial charge in [0.2, 0.25) is 0 Å². The molecule has 0 heterocycles. The first kappa shape index (κ1) is 15.9. The fraction of sp³-hybridized carbons (Fsp3) is 0.500. The van der Waals surface area contributed by atoms with Crippen LogP contribution in [0.15, 0.2) is 6.07 Å². The average Bonchev–Trinajstić information content (AvgIpc) is 3.23. The number of carbonyl (C=O) groups excluding carboxylic acids is 1. The highest BCUT2D eigenvalue weighted by Gasteiger charge is 2.44. The Labute approximate surface area is 127 Å². The first-order valence-corrected chi connectivity index (χ1v) is 6.86. The molecule has 2 N–H and O–H groups in total. The third-order valence-electron chi connectivity index (χ3n) is 3.67. The van der Waals surface area contributed by atoms with E-state index in [1.807, 2.05) is 0 Å². The highest BCUT2D eigenvalue weighted by Crippen LogP contribution is 2.41. The molecule has 0 unspecified atom stereocenters. The van der Waals surface area contributed by atoms with E-state index < -0.39 is 5.82 Å². The maximum atomic E-state index is 14.1. The predicted octanol–water partition coefficient (Wildman–Crippen LogP) is 2.38. The SMILES string of the molecule is COC(=O)CC1(NCc2c(OC)cc(O)c(Cl)c2F)CC1. The molecule has 5 nitrogen and oxygen atoms in total. The van der Waals surface area contributed by atoms with Gasteiger partial charge in [-0.15, -0.1) is 0 Å². The van der Waals surface area contributed by atoms with E-state index in [4.69, 9.17) is 16.3 Å². The number of halogens is 2. The van der Waals surface area contributed by atoms with Crippen LogP contribution >= 0.6 is 11.6 Å². The summed E-state index contributed by atoms with van der Waals surface area (Å²) in [5, 5.41) is 12.3. The van der Waals surface area contributed by atoms with E-state index in [1.54, 1.807) is 0 Å². The number of ether oxygens (including phenoxy) is 2. The molecule has 21 heavy (non-hydrogen) atoms. The molecule has 0 aromatic heterocycles. The maximum absolute atomic E-state index is 14.1. The van der Waals surface area contributed by atoms with Gasteiger partial charge in [-0.2, -0.15) is 0 Å². The van der Waals surface area contributed by atoms with Crippen molar-refractivity contribution in [1.29, 1.82) is 0 Å². The largest absolute Gasteiger partial charge is 0.506 e. The molecule has 0 aliphatic heterocycles. The van der Waals surface area contributed by atoms with Gasteiger partial charge >= 0.3 is 5.97 Å². The van der Waals surface area contributed by atoms with E-state index in [9.17, 15) is 14.3 Å². The normalized spacial score (nSPS) is 15.6. The van der Waals surface area contributed by atoms with Gasteiger partial charge in [0, 0.05) is 23.7 Å². The first-order valence-electron chi connectivity index (χ1n) is 6.48. The van der Waals surface area contributed by atoms with Crippen molar-refractivity contribution in [3.8, 4) is 11.5 Å². The van der Waals surface area contributed by atoms with Gasteiger partial charge in [0.05, 0.1) is 20.6 Å². The highest BCUT2D eigenvalue weighted by atomic mass is 35.5. The second kappa shape index (κ2) is 6.07. The minimum atomic E-state index is -0.727. The fourth-order valence-electron chi connectivity index (χ4n) is 2.17. The smallest absolute Gasteiger partial charge is 0.307 e. The summed E-state index contributed by atoms with van der Waals surface area (Å²) >= 11 is 5.70. The Balaban J connectivity index is 2.13. The Morgan fingerprint density at radius 3 is 2.71 bits per heavy atom. The molecule has 116 valence electrons. The predicted molar refractivity (Wildman–Crippen MR) is 75.1 cm³/mol.